The molecular weight excluding hydrogens is 496 g/mol. The Hall–Kier alpha value is -2.03. The van der Waals surface area contributed by atoms with Crippen LogP contribution in [0.1, 0.15) is 51.9 Å². The fourth-order valence-corrected chi connectivity index (χ4v) is 9.64. The highest BCUT2D eigenvalue weighted by molar-refractivity contribution is 7.13. The largest absolute Gasteiger partial charge is 0.390 e. The van der Waals surface area contributed by atoms with Gasteiger partial charge in [-0.05, 0) is 73.5 Å². The predicted molar refractivity (Wildman–Crippen MR) is 149 cm³/mol. The molecule has 3 heterocycles. The van der Waals surface area contributed by atoms with Gasteiger partial charge >= 0.3 is 0 Å². The van der Waals surface area contributed by atoms with Crippen LogP contribution < -0.4 is 4.90 Å². The Morgan fingerprint density at radius 3 is 2.47 bits per heavy atom. The molecule has 2 saturated heterocycles. The normalized spacial score (nSPS) is 37.5. The van der Waals surface area contributed by atoms with E-state index in [1.165, 1.54) is 29.3 Å². The fourth-order valence-electron chi connectivity index (χ4n) is 8.84. The topological polar surface area (TPSA) is 77.0 Å². The first-order valence-corrected chi connectivity index (χ1v) is 15.6. The Labute approximate surface area is 229 Å². The molecule has 7 nitrogen and oxygen atoms in total. The van der Waals surface area contributed by atoms with Gasteiger partial charge in [-0.25, -0.2) is 0 Å². The molecule has 38 heavy (non-hydrogen) atoms. The zero-order valence-corrected chi connectivity index (χ0v) is 23.2. The van der Waals surface area contributed by atoms with Crippen LogP contribution in [0.25, 0.3) is 10.1 Å². The number of hydrogen-bond donors (Lipinski definition) is 1. The van der Waals surface area contributed by atoms with Crippen LogP contribution in [0.15, 0.2) is 24.3 Å². The summed E-state index contributed by atoms with van der Waals surface area (Å²) in [5.41, 5.74) is -0.752. The Kier molecular flexibility index (Phi) is 6.28. The van der Waals surface area contributed by atoms with Crippen LogP contribution in [0.3, 0.4) is 0 Å². The maximum Gasteiger partial charge on any atom is 0.233 e. The Bertz CT molecular complexity index is 1230. The van der Waals surface area contributed by atoms with Gasteiger partial charge in [-0.1, -0.05) is 31.9 Å². The first-order valence-electron chi connectivity index (χ1n) is 14.9. The summed E-state index contributed by atoms with van der Waals surface area (Å²) >= 11 is 1.58. The second kappa shape index (κ2) is 9.56. The second-order valence-corrected chi connectivity index (χ2v) is 13.5. The van der Waals surface area contributed by atoms with Gasteiger partial charge in [0.05, 0.1) is 22.1 Å². The number of aliphatic hydroxyl groups is 1. The number of likely N-dealkylation sites (tertiary alicyclic amines) is 1. The maximum absolute atomic E-state index is 13.6. The van der Waals surface area contributed by atoms with Gasteiger partial charge in [0.1, 0.15) is 5.82 Å². The minimum absolute atomic E-state index is 0.0208. The van der Waals surface area contributed by atoms with Crippen molar-refractivity contribution in [2.24, 2.45) is 35.5 Å². The molecular formula is C30H40N4O3S. The number of amides is 2. The summed E-state index contributed by atoms with van der Waals surface area (Å²) in [6, 6.07) is 8.50. The molecule has 2 bridgehead atoms. The molecule has 3 saturated carbocycles. The van der Waals surface area contributed by atoms with Crippen molar-refractivity contribution >= 4 is 39.3 Å². The highest BCUT2D eigenvalue weighted by atomic mass is 32.1. The number of aromatic nitrogens is 1. The van der Waals surface area contributed by atoms with E-state index < -0.39 is 5.60 Å². The lowest BCUT2D eigenvalue weighted by molar-refractivity contribution is -0.142. The third-order valence-electron chi connectivity index (χ3n) is 10.9. The number of imide groups is 1. The number of nitrogens with zero attached hydrogens (tertiary/aromatic N) is 4. The van der Waals surface area contributed by atoms with E-state index in [1.54, 1.807) is 16.4 Å². The Morgan fingerprint density at radius 1 is 1.00 bits per heavy atom. The fraction of sp³-hybridized carbons (Fsp3) is 0.700. The Morgan fingerprint density at radius 2 is 1.71 bits per heavy atom. The summed E-state index contributed by atoms with van der Waals surface area (Å²) in [6.07, 6.45) is 6.94. The number of rotatable bonds is 6. The number of piperazine rings is 1. The monoisotopic (exact) mass is 536 g/mol. The van der Waals surface area contributed by atoms with Gasteiger partial charge in [0, 0.05) is 50.6 Å². The third kappa shape index (κ3) is 3.93. The van der Waals surface area contributed by atoms with E-state index in [9.17, 15) is 14.7 Å². The average Bonchev–Trinajstić information content (AvgIpc) is 3.68. The molecule has 1 aromatic carbocycles. The molecule has 2 amide bonds. The van der Waals surface area contributed by atoms with Crippen LogP contribution in [0, 0.1) is 35.5 Å². The maximum atomic E-state index is 13.6. The average molecular weight is 537 g/mol. The summed E-state index contributed by atoms with van der Waals surface area (Å²) in [7, 11) is 0. The van der Waals surface area contributed by atoms with Crippen molar-refractivity contribution in [3.8, 4) is 0 Å². The molecule has 7 atom stereocenters. The molecule has 7 rings (SSSR count). The van der Waals surface area contributed by atoms with Crippen molar-refractivity contribution in [1.82, 2.24) is 14.2 Å². The van der Waals surface area contributed by atoms with Crippen LogP contribution >= 0.6 is 11.5 Å². The van der Waals surface area contributed by atoms with E-state index in [0.717, 1.165) is 51.4 Å². The summed E-state index contributed by atoms with van der Waals surface area (Å²) < 4.78 is 6.01. The van der Waals surface area contributed by atoms with E-state index in [1.807, 2.05) is 6.92 Å². The first kappa shape index (κ1) is 25.0. The van der Waals surface area contributed by atoms with Crippen molar-refractivity contribution < 1.29 is 14.7 Å². The van der Waals surface area contributed by atoms with Crippen LogP contribution in [0.5, 0.6) is 0 Å². The molecule has 0 radical (unpaired) electrons. The Balaban J connectivity index is 0.991. The predicted octanol–water partition coefficient (Wildman–Crippen LogP) is 4.01. The van der Waals surface area contributed by atoms with Gasteiger partial charge < -0.3 is 10.0 Å². The number of fused-ring (bicyclic) bond motifs is 6. The van der Waals surface area contributed by atoms with E-state index in [0.29, 0.717) is 31.2 Å². The summed E-state index contributed by atoms with van der Waals surface area (Å²) in [5.74, 6) is 1.84. The van der Waals surface area contributed by atoms with Gasteiger partial charge in [-0.15, -0.1) is 0 Å². The smallest absolute Gasteiger partial charge is 0.233 e. The highest BCUT2D eigenvalue weighted by Gasteiger charge is 2.67. The minimum atomic E-state index is -0.752. The van der Waals surface area contributed by atoms with Gasteiger partial charge in [-0.3, -0.25) is 19.4 Å². The van der Waals surface area contributed by atoms with Crippen molar-refractivity contribution in [2.75, 3.05) is 44.2 Å². The van der Waals surface area contributed by atoms with Crippen molar-refractivity contribution in [3.63, 3.8) is 0 Å². The molecule has 2 aromatic rings. The van der Waals surface area contributed by atoms with Gasteiger partial charge in [0.2, 0.25) is 11.8 Å². The molecule has 204 valence electrons. The molecule has 3 aliphatic carbocycles. The molecule has 0 spiro atoms. The second-order valence-electron chi connectivity index (χ2n) is 12.7. The number of benzene rings is 1. The van der Waals surface area contributed by atoms with Crippen LogP contribution in [-0.4, -0.2) is 76.0 Å². The van der Waals surface area contributed by atoms with Gasteiger partial charge in [0.15, 0.2) is 0 Å². The van der Waals surface area contributed by atoms with Crippen molar-refractivity contribution in [2.45, 2.75) is 57.5 Å². The summed E-state index contributed by atoms with van der Waals surface area (Å²) in [4.78, 5) is 33.7. The van der Waals surface area contributed by atoms with Crippen molar-refractivity contribution in [3.05, 3.63) is 24.3 Å². The van der Waals surface area contributed by atoms with Crippen LogP contribution in [-0.2, 0) is 9.59 Å². The molecule has 1 N–H and O–H groups in total. The van der Waals surface area contributed by atoms with E-state index in [-0.39, 0.29) is 35.5 Å². The first-order chi connectivity index (χ1) is 18.5. The molecule has 5 aliphatic rings. The van der Waals surface area contributed by atoms with Crippen molar-refractivity contribution in [1.29, 1.82) is 0 Å². The molecule has 2 aliphatic heterocycles. The molecule has 1 aromatic heterocycles. The summed E-state index contributed by atoms with van der Waals surface area (Å²) in [5, 5.41) is 12.4. The number of carbonyl (C=O) groups excluding carboxylic acids is 2. The van der Waals surface area contributed by atoms with E-state index in [2.05, 4.69) is 34.1 Å². The number of anilines is 1. The lowest BCUT2D eigenvalue weighted by Crippen LogP contribution is -2.49. The summed E-state index contributed by atoms with van der Waals surface area (Å²) in [6.45, 7) is 7.69. The van der Waals surface area contributed by atoms with Gasteiger partial charge in [-0.2, -0.15) is 4.37 Å². The zero-order valence-electron chi connectivity index (χ0n) is 22.4. The quantitative estimate of drug-likeness (QED) is 0.563. The highest BCUT2D eigenvalue weighted by Crippen LogP contribution is 2.61. The lowest BCUT2D eigenvalue weighted by atomic mass is 9.71. The lowest BCUT2D eigenvalue weighted by Gasteiger charge is -2.40. The molecule has 5 fully saturated rings. The number of carbonyl (C=O) groups is 2. The minimum Gasteiger partial charge on any atom is -0.390 e. The number of hydrogen-bond acceptors (Lipinski definition) is 7. The van der Waals surface area contributed by atoms with E-state index >= 15 is 0 Å². The third-order valence-corrected chi connectivity index (χ3v) is 11.7. The standard InChI is InChI=1S/C30H40N4O3S/c1-2-30(37)16-21-15-23(30)26-25(21)28(35)34(29(26)36)18-20-8-4-3-7-19(20)17-32-11-13-33(14-12-32)27-22-9-5-6-10-24(22)38-31-27/h5-6,9-10,19-21,23,25-26,37H,2-4,7-8,11-18H2,1H3/t19?,20?,21-,23-,25-,26+,30-/m1/s1. The van der Waals surface area contributed by atoms with Crippen LogP contribution in [0.4, 0.5) is 5.82 Å². The SMILES string of the molecule is CC[C@@]1(O)C[C@H]2C[C@@H]1[C@@H]1C(=O)N(CC3CCCCC3CN3CCN(c4nsc5ccccc45)CC3)C(=O)[C@H]21. The van der Waals surface area contributed by atoms with E-state index in [4.69, 9.17) is 4.37 Å². The molecule has 2 unspecified atom stereocenters. The zero-order chi connectivity index (χ0) is 26.0. The van der Waals surface area contributed by atoms with Crippen LogP contribution in [0.2, 0.25) is 0 Å². The van der Waals surface area contributed by atoms with Gasteiger partial charge in [0.25, 0.3) is 0 Å². The molecule has 8 heteroatoms.